The predicted octanol–water partition coefficient (Wildman–Crippen LogP) is 3.48. The number of fused-ring (bicyclic) bond motifs is 1. The predicted molar refractivity (Wildman–Crippen MR) is 103 cm³/mol. The highest BCUT2D eigenvalue weighted by atomic mass is 16.5. The standard InChI is InChI=1S/C21H29N3O/c1-16-3-4-20-19(15-16)21(5-8-22-20)24-9-6-18(7-10-24)17(2)23-11-13-25-14-12-23/h3-5,8,15,17-18H,6-7,9-14H2,1-2H3/t17-/m0/s1. The first kappa shape index (κ1) is 16.8. The Morgan fingerprint density at radius 1 is 1.08 bits per heavy atom. The van der Waals surface area contributed by atoms with Gasteiger partial charge in [0, 0.05) is 49.5 Å². The number of nitrogens with zero attached hydrogens (tertiary/aromatic N) is 3. The SMILES string of the molecule is Cc1ccc2nccc(N3CCC([C@H](C)N4CCOCC4)CC3)c2c1. The van der Waals surface area contributed by atoms with E-state index >= 15 is 0 Å². The van der Waals surface area contributed by atoms with Crippen molar-refractivity contribution in [2.75, 3.05) is 44.3 Å². The molecule has 1 atom stereocenters. The van der Waals surface area contributed by atoms with Crippen LogP contribution in [-0.4, -0.2) is 55.3 Å². The maximum absolute atomic E-state index is 5.51. The van der Waals surface area contributed by atoms with E-state index in [1.165, 1.54) is 29.5 Å². The fourth-order valence-corrected chi connectivity index (χ4v) is 4.43. The summed E-state index contributed by atoms with van der Waals surface area (Å²) in [6.07, 6.45) is 4.50. The molecule has 134 valence electrons. The van der Waals surface area contributed by atoms with Crippen LogP contribution in [0.15, 0.2) is 30.5 Å². The molecule has 25 heavy (non-hydrogen) atoms. The highest BCUT2D eigenvalue weighted by molar-refractivity contribution is 5.92. The maximum Gasteiger partial charge on any atom is 0.0722 e. The molecule has 2 aliphatic rings. The van der Waals surface area contributed by atoms with Gasteiger partial charge in [-0.15, -0.1) is 0 Å². The van der Waals surface area contributed by atoms with Crippen LogP contribution >= 0.6 is 0 Å². The third-order valence-electron chi connectivity index (χ3n) is 6.06. The number of aromatic nitrogens is 1. The van der Waals surface area contributed by atoms with Gasteiger partial charge in [-0.05, 0) is 50.8 Å². The van der Waals surface area contributed by atoms with E-state index in [0.29, 0.717) is 6.04 Å². The van der Waals surface area contributed by atoms with Crippen molar-refractivity contribution in [2.45, 2.75) is 32.7 Å². The smallest absolute Gasteiger partial charge is 0.0722 e. The molecule has 0 amide bonds. The van der Waals surface area contributed by atoms with E-state index in [9.17, 15) is 0 Å². The zero-order valence-corrected chi connectivity index (χ0v) is 15.4. The molecule has 2 saturated heterocycles. The summed E-state index contributed by atoms with van der Waals surface area (Å²) < 4.78 is 5.51. The first-order valence-corrected chi connectivity index (χ1v) is 9.64. The maximum atomic E-state index is 5.51. The number of piperidine rings is 1. The van der Waals surface area contributed by atoms with Crippen LogP contribution in [0.3, 0.4) is 0 Å². The lowest BCUT2D eigenvalue weighted by Crippen LogP contribution is -2.48. The van der Waals surface area contributed by atoms with Gasteiger partial charge in [0.2, 0.25) is 0 Å². The Morgan fingerprint density at radius 3 is 2.60 bits per heavy atom. The van der Waals surface area contributed by atoms with Gasteiger partial charge in [0.05, 0.1) is 18.7 Å². The van der Waals surface area contributed by atoms with Crippen LogP contribution in [0.4, 0.5) is 5.69 Å². The van der Waals surface area contributed by atoms with Gasteiger partial charge in [-0.25, -0.2) is 0 Å². The zero-order chi connectivity index (χ0) is 17.2. The van der Waals surface area contributed by atoms with Gasteiger partial charge in [-0.1, -0.05) is 11.6 Å². The summed E-state index contributed by atoms with van der Waals surface area (Å²) in [5.41, 5.74) is 3.76. The van der Waals surface area contributed by atoms with Crippen LogP contribution in [0, 0.1) is 12.8 Å². The van der Waals surface area contributed by atoms with Crippen molar-refractivity contribution in [3.8, 4) is 0 Å². The van der Waals surface area contributed by atoms with E-state index in [0.717, 1.165) is 50.8 Å². The van der Waals surface area contributed by atoms with Gasteiger partial charge < -0.3 is 9.64 Å². The minimum Gasteiger partial charge on any atom is -0.379 e. The Morgan fingerprint density at radius 2 is 1.84 bits per heavy atom. The normalized spacial score (nSPS) is 21.6. The minimum absolute atomic E-state index is 0.669. The Balaban J connectivity index is 1.46. The number of rotatable bonds is 3. The summed E-state index contributed by atoms with van der Waals surface area (Å²) >= 11 is 0. The molecular formula is C21H29N3O. The van der Waals surface area contributed by atoms with Gasteiger partial charge in [0.1, 0.15) is 0 Å². The molecule has 4 nitrogen and oxygen atoms in total. The van der Waals surface area contributed by atoms with Gasteiger partial charge >= 0.3 is 0 Å². The molecule has 0 saturated carbocycles. The van der Waals surface area contributed by atoms with Crippen LogP contribution in [0.5, 0.6) is 0 Å². The Labute approximate surface area is 150 Å². The molecule has 0 bridgehead atoms. The first-order chi connectivity index (χ1) is 12.2. The monoisotopic (exact) mass is 339 g/mol. The highest BCUT2D eigenvalue weighted by Gasteiger charge is 2.29. The van der Waals surface area contributed by atoms with Crippen molar-refractivity contribution in [1.82, 2.24) is 9.88 Å². The number of hydrogen-bond acceptors (Lipinski definition) is 4. The average Bonchev–Trinajstić information content (AvgIpc) is 2.68. The van der Waals surface area contributed by atoms with E-state index in [1.54, 1.807) is 0 Å². The molecule has 2 aromatic rings. The Bertz CT molecular complexity index is 718. The largest absolute Gasteiger partial charge is 0.379 e. The van der Waals surface area contributed by atoms with E-state index in [-0.39, 0.29) is 0 Å². The third kappa shape index (κ3) is 3.51. The number of morpholine rings is 1. The second-order valence-corrected chi connectivity index (χ2v) is 7.56. The molecule has 0 N–H and O–H groups in total. The molecule has 4 rings (SSSR count). The van der Waals surface area contributed by atoms with Crippen LogP contribution < -0.4 is 4.90 Å². The lowest BCUT2D eigenvalue weighted by atomic mass is 9.88. The Hall–Kier alpha value is -1.65. The second-order valence-electron chi connectivity index (χ2n) is 7.56. The van der Waals surface area contributed by atoms with Crippen molar-refractivity contribution >= 4 is 16.6 Å². The lowest BCUT2D eigenvalue weighted by molar-refractivity contribution is 0.00450. The fourth-order valence-electron chi connectivity index (χ4n) is 4.43. The molecule has 0 aliphatic carbocycles. The summed E-state index contributed by atoms with van der Waals surface area (Å²) in [6, 6.07) is 9.42. The molecule has 0 unspecified atom stereocenters. The van der Waals surface area contributed by atoms with Crippen molar-refractivity contribution in [1.29, 1.82) is 0 Å². The van der Waals surface area contributed by atoms with Crippen LogP contribution in [0.2, 0.25) is 0 Å². The topological polar surface area (TPSA) is 28.6 Å². The number of hydrogen-bond donors (Lipinski definition) is 0. The van der Waals surface area contributed by atoms with Crippen molar-refractivity contribution in [2.24, 2.45) is 5.92 Å². The summed E-state index contributed by atoms with van der Waals surface area (Å²) in [4.78, 5) is 9.72. The summed E-state index contributed by atoms with van der Waals surface area (Å²) in [6.45, 7) is 10.8. The van der Waals surface area contributed by atoms with E-state index in [1.807, 2.05) is 6.20 Å². The van der Waals surface area contributed by atoms with E-state index in [2.05, 4.69) is 52.9 Å². The Kier molecular flexibility index (Phi) is 4.91. The van der Waals surface area contributed by atoms with Crippen molar-refractivity contribution in [3.05, 3.63) is 36.0 Å². The van der Waals surface area contributed by atoms with E-state index in [4.69, 9.17) is 4.74 Å². The highest BCUT2D eigenvalue weighted by Crippen LogP contribution is 2.31. The summed E-state index contributed by atoms with van der Waals surface area (Å²) in [5.74, 6) is 0.796. The number of ether oxygens (including phenoxy) is 1. The number of aryl methyl sites for hydroxylation is 1. The minimum atomic E-state index is 0.669. The van der Waals surface area contributed by atoms with Crippen LogP contribution in [0.1, 0.15) is 25.3 Å². The van der Waals surface area contributed by atoms with Gasteiger partial charge in [-0.2, -0.15) is 0 Å². The molecule has 2 fully saturated rings. The first-order valence-electron chi connectivity index (χ1n) is 9.64. The molecular weight excluding hydrogens is 310 g/mol. The molecule has 3 heterocycles. The fraction of sp³-hybridized carbons (Fsp3) is 0.571. The average molecular weight is 339 g/mol. The summed E-state index contributed by atoms with van der Waals surface area (Å²) in [7, 11) is 0. The number of pyridine rings is 1. The molecule has 1 aromatic heterocycles. The molecule has 0 spiro atoms. The van der Waals surface area contributed by atoms with E-state index < -0.39 is 0 Å². The third-order valence-corrected chi connectivity index (χ3v) is 6.06. The summed E-state index contributed by atoms with van der Waals surface area (Å²) in [5, 5.41) is 1.29. The zero-order valence-electron chi connectivity index (χ0n) is 15.4. The number of anilines is 1. The van der Waals surface area contributed by atoms with Crippen molar-refractivity contribution in [3.63, 3.8) is 0 Å². The van der Waals surface area contributed by atoms with Gasteiger partial charge in [-0.3, -0.25) is 9.88 Å². The van der Waals surface area contributed by atoms with Gasteiger partial charge in [0.15, 0.2) is 0 Å². The number of benzene rings is 1. The van der Waals surface area contributed by atoms with Crippen molar-refractivity contribution < 1.29 is 4.74 Å². The second kappa shape index (κ2) is 7.30. The molecule has 1 aromatic carbocycles. The quantitative estimate of drug-likeness (QED) is 0.856. The van der Waals surface area contributed by atoms with Crippen LogP contribution in [-0.2, 0) is 4.74 Å². The molecule has 2 aliphatic heterocycles. The molecule has 4 heteroatoms. The van der Waals surface area contributed by atoms with Gasteiger partial charge in [0.25, 0.3) is 0 Å². The van der Waals surface area contributed by atoms with Crippen LogP contribution in [0.25, 0.3) is 10.9 Å². The lowest BCUT2D eigenvalue weighted by Gasteiger charge is -2.41. The molecule has 0 radical (unpaired) electrons.